The van der Waals surface area contributed by atoms with Gasteiger partial charge in [-0.25, -0.2) is 0 Å². The lowest BCUT2D eigenvalue weighted by molar-refractivity contribution is -0.116. The quantitative estimate of drug-likeness (QED) is 0.609. The highest BCUT2D eigenvalue weighted by Gasteiger charge is 2.21. The fraction of sp³-hybridized carbons (Fsp3) is 0.750. The molecule has 0 aromatic carbocycles. The van der Waals surface area contributed by atoms with Crippen molar-refractivity contribution in [2.45, 2.75) is 46.5 Å². The molecule has 1 heteroatoms. The fourth-order valence-corrected chi connectivity index (χ4v) is 1.95. The van der Waals surface area contributed by atoms with E-state index in [2.05, 4.69) is 19.9 Å². The van der Waals surface area contributed by atoms with Crippen LogP contribution < -0.4 is 0 Å². The summed E-state index contributed by atoms with van der Waals surface area (Å²) in [6, 6.07) is 0. The molecule has 0 aromatic rings. The van der Waals surface area contributed by atoms with Crippen molar-refractivity contribution in [3.8, 4) is 0 Å². The van der Waals surface area contributed by atoms with E-state index in [1.54, 1.807) is 6.92 Å². The van der Waals surface area contributed by atoms with E-state index in [4.69, 9.17) is 0 Å². The van der Waals surface area contributed by atoms with Gasteiger partial charge in [0.15, 0.2) is 0 Å². The van der Waals surface area contributed by atoms with Gasteiger partial charge in [0, 0.05) is 6.42 Å². The highest BCUT2D eigenvalue weighted by molar-refractivity contribution is 5.77. The number of Topliss-reactive ketones (excluding diaryl/α,β-unsaturated/α-hetero) is 1. The zero-order chi connectivity index (χ0) is 9.84. The first-order chi connectivity index (χ1) is 6.09. The molecule has 1 saturated carbocycles. The van der Waals surface area contributed by atoms with Gasteiger partial charge in [-0.15, -0.1) is 0 Å². The van der Waals surface area contributed by atoms with E-state index in [1.165, 1.54) is 24.8 Å². The second-order valence-electron chi connectivity index (χ2n) is 4.52. The van der Waals surface area contributed by atoms with Crippen LogP contribution in [0.5, 0.6) is 0 Å². The van der Waals surface area contributed by atoms with Crippen molar-refractivity contribution in [3.63, 3.8) is 0 Å². The second-order valence-corrected chi connectivity index (χ2v) is 4.52. The van der Waals surface area contributed by atoms with Crippen LogP contribution >= 0.6 is 0 Å². The van der Waals surface area contributed by atoms with Gasteiger partial charge in [-0.05, 0) is 38.0 Å². The van der Waals surface area contributed by atoms with E-state index >= 15 is 0 Å². The van der Waals surface area contributed by atoms with Gasteiger partial charge in [0.1, 0.15) is 5.78 Å². The van der Waals surface area contributed by atoms with E-state index < -0.39 is 0 Å². The third-order valence-electron chi connectivity index (χ3n) is 2.98. The van der Waals surface area contributed by atoms with Crippen molar-refractivity contribution in [1.82, 2.24) is 0 Å². The number of hydrogen-bond donors (Lipinski definition) is 0. The smallest absolute Gasteiger partial charge is 0.133 e. The second kappa shape index (κ2) is 4.59. The number of carbonyl (C=O) groups is 1. The van der Waals surface area contributed by atoms with E-state index in [1.807, 2.05) is 0 Å². The van der Waals surface area contributed by atoms with Crippen LogP contribution in [-0.2, 0) is 4.79 Å². The average molecular weight is 180 g/mol. The topological polar surface area (TPSA) is 17.1 Å². The molecule has 1 aliphatic carbocycles. The molecule has 0 spiro atoms. The zero-order valence-electron chi connectivity index (χ0n) is 8.97. The van der Waals surface area contributed by atoms with Gasteiger partial charge in [-0.2, -0.15) is 0 Å². The van der Waals surface area contributed by atoms with Gasteiger partial charge in [0.05, 0.1) is 0 Å². The Kier molecular flexibility index (Phi) is 3.71. The Hall–Kier alpha value is -0.590. The van der Waals surface area contributed by atoms with Crippen molar-refractivity contribution in [1.29, 1.82) is 0 Å². The largest absolute Gasteiger partial charge is 0.300 e. The fourth-order valence-electron chi connectivity index (χ4n) is 1.95. The first-order valence-electron chi connectivity index (χ1n) is 5.27. The van der Waals surface area contributed by atoms with Crippen LogP contribution in [-0.4, -0.2) is 5.78 Å². The number of hydrogen-bond acceptors (Lipinski definition) is 1. The Morgan fingerprint density at radius 2 is 2.31 bits per heavy atom. The molecule has 1 rings (SSSR count). The summed E-state index contributed by atoms with van der Waals surface area (Å²) >= 11 is 0. The Balaban J connectivity index is 2.40. The van der Waals surface area contributed by atoms with E-state index in [9.17, 15) is 4.79 Å². The molecule has 0 N–H and O–H groups in total. The molecule has 1 fully saturated rings. The van der Waals surface area contributed by atoms with Crippen LogP contribution in [0.25, 0.3) is 0 Å². The molecule has 74 valence electrons. The van der Waals surface area contributed by atoms with Crippen LogP contribution in [0.3, 0.4) is 0 Å². The first kappa shape index (κ1) is 10.5. The van der Waals surface area contributed by atoms with Gasteiger partial charge in [0.2, 0.25) is 0 Å². The maximum absolute atomic E-state index is 10.8. The SMILES string of the molecule is CC(=O)CC=C1CCC(C(C)C)C1. The minimum atomic E-state index is 0.278. The molecule has 0 amide bonds. The predicted octanol–water partition coefficient (Wildman–Crippen LogP) is 3.35. The van der Waals surface area contributed by atoms with E-state index in [0.717, 1.165) is 11.8 Å². The molecule has 0 aromatic heterocycles. The molecule has 0 bridgehead atoms. The molecular weight excluding hydrogens is 160 g/mol. The number of allylic oxidation sites excluding steroid dienone is 2. The summed E-state index contributed by atoms with van der Waals surface area (Å²) in [6.45, 7) is 6.24. The summed E-state index contributed by atoms with van der Waals surface area (Å²) < 4.78 is 0. The average Bonchev–Trinajstić information content (AvgIpc) is 2.48. The summed E-state index contributed by atoms with van der Waals surface area (Å²) in [5, 5.41) is 0. The summed E-state index contributed by atoms with van der Waals surface area (Å²) in [5.74, 6) is 1.93. The van der Waals surface area contributed by atoms with Crippen LogP contribution in [0.4, 0.5) is 0 Å². The van der Waals surface area contributed by atoms with Gasteiger partial charge in [0.25, 0.3) is 0 Å². The molecule has 1 nitrogen and oxygen atoms in total. The first-order valence-corrected chi connectivity index (χ1v) is 5.27. The van der Waals surface area contributed by atoms with Gasteiger partial charge >= 0.3 is 0 Å². The lowest BCUT2D eigenvalue weighted by Crippen LogP contribution is -2.02. The molecule has 0 aliphatic heterocycles. The van der Waals surface area contributed by atoms with Crippen molar-refractivity contribution < 1.29 is 4.79 Å². The van der Waals surface area contributed by atoms with Crippen LogP contribution in [0.1, 0.15) is 46.5 Å². The Morgan fingerprint density at radius 3 is 2.77 bits per heavy atom. The molecule has 1 aliphatic rings. The Labute approximate surface area is 81.2 Å². The van der Waals surface area contributed by atoms with Crippen molar-refractivity contribution >= 4 is 5.78 Å². The number of rotatable bonds is 3. The molecule has 13 heavy (non-hydrogen) atoms. The maximum atomic E-state index is 10.8. The summed E-state index contributed by atoms with van der Waals surface area (Å²) in [4.78, 5) is 10.8. The highest BCUT2D eigenvalue weighted by atomic mass is 16.1. The van der Waals surface area contributed by atoms with E-state index in [-0.39, 0.29) is 5.78 Å². The van der Waals surface area contributed by atoms with Crippen LogP contribution in [0.15, 0.2) is 11.6 Å². The molecule has 0 radical (unpaired) electrons. The van der Waals surface area contributed by atoms with Gasteiger partial charge in [-0.3, -0.25) is 4.79 Å². The third kappa shape index (κ3) is 3.33. The monoisotopic (exact) mass is 180 g/mol. The normalized spacial score (nSPS) is 25.8. The van der Waals surface area contributed by atoms with Crippen LogP contribution in [0.2, 0.25) is 0 Å². The summed E-state index contributed by atoms with van der Waals surface area (Å²) in [7, 11) is 0. The lowest BCUT2D eigenvalue weighted by atomic mass is 9.94. The summed E-state index contributed by atoms with van der Waals surface area (Å²) in [6.07, 6.45) is 6.55. The predicted molar refractivity (Wildman–Crippen MR) is 55.6 cm³/mol. The minimum Gasteiger partial charge on any atom is -0.300 e. The van der Waals surface area contributed by atoms with Crippen molar-refractivity contribution in [3.05, 3.63) is 11.6 Å². The highest BCUT2D eigenvalue weighted by Crippen LogP contribution is 2.35. The zero-order valence-corrected chi connectivity index (χ0v) is 8.97. The van der Waals surface area contributed by atoms with Gasteiger partial charge < -0.3 is 0 Å². The number of carbonyl (C=O) groups excluding carboxylic acids is 1. The Morgan fingerprint density at radius 1 is 1.62 bits per heavy atom. The number of ketones is 1. The molecular formula is C12H20O. The third-order valence-corrected chi connectivity index (χ3v) is 2.98. The maximum Gasteiger partial charge on any atom is 0.133 e. The van der Waals surface area contributed by atoms with Crippen molar-refractivity contribution in [2.75, 3.05) is 0 Å². The van der Waals surface area contributed by atoms with E-state index in [0.29, 0.717) is 6.42 Å². The molecule has 1 unspecified atom stereocenters. The minimum absolute atomic E-state index is 0.278. The molecule has 0 heterocycles. The summed E-state index contributed by atoms with van der Waals surface area (Å²) in [5.41, 5.74) is 1.51. The molecule has 1 atom stereocenters. The molecule has 0 saturated heterocycles. The standard InChI is InChI=1S/C12H20O/c1-9(2)12-7-6-11(8-12)5-4-10(3)13/h5,9,12H,4,6-8H2,1-3H3. The lowest BCUT2D eigenvalue weighted by Gasteiger charge is -2.11. The Bertz CT molecular complexity index is 213. The van der Waals surface area contributed by atoms with Gasteiger partial charge in [-0.1, -0.05) is 25.5 Å². The van der Waals surface area contributed by atoms with Crippen LogP contribution in [0, 0.1) is 11.8 Å². The van der Waals surface area contributed by atoms with Crippen molar-refractivity contribution in [2.24, 2.45) is 11.8 Å².